The van der Waals surface area contributed by atoms with Gasteiger partial charge in [-0.2, -0.15) is 0 Å². The first-order chi connectivity index (χ1) is 13.7. The van der Waals surface area contributed by atoms with Crippen molar-refractivity contribution in [1.29, 1.82) is 0 Å². The quantitative estimate of drug-likeness (QED) is 0.595. The van der Waals surface area contributed by atoms with Crippen molar-refractivity contribution in [3.05, 3.63) is 58.8 Å². The van der Waals surface area contributed by atoms with Gasteiger partial charge in [-0.05, 0) is 43.5 Å². The molecule has 1 saturated carbocycles. The van der Waals surface area contributed by atoms with Crippen molar-refractivity contribution >= 4 is 16.7 Å². The Morgan fingerprint density at radius 2 is 1.75 bits per heavy atom. The molecule has 2 heterocycles. The van der Waals surface area contributed by atoms with Crippen molar-refractivity contribution in [3.8, 4) is 11.5 Å². The van der Waals surface area contributed by atoms with E-state index in [1.54, 1.807) is 14.2 Å². The number of fused-ring (bicyclic) bond motifs is 4. The molecule has 0 spiro atoms. The first kappa shape index (κ1) is 17.4. The largest absolute Gasteiger partial charge is 0.493 e. The molecule has 4 nitrogen and oxygen atoms in total. The number of hydrogen-bond acceptors (Lipinski definition) is 4. The van der Waals surface area contributed by atoms with Gasteiger partial charge in [-0.3, -0.25) is 4.99 Å². The molecule has 0 radical (unpaired) electrons. The molecule has 2 aromatic carbocycles. The average Bonchev–Trinajstić information content (AvgIpc) is 3.08. The monoisotopic (exact) mass is 375 g/mol. The molecule has 1 aliphatic carbocycles. The molecule has 28 heavy (non-hydrogen) atoms. The predicted octanol–water partition coefficient (Wildman–Crippen LogP) is 5.64. The van der Waals surface area contributed by atoms with Gasteiger partial charge in [-0.1, -0.05) is 31.0 Å². The van der Waals surface area contributed by atoms with Gasteiger partial charge in [-0.25, -0.2) is 0 Å². The molecular weight excluding hydrogens is 350 g/mol. The Hall–Kier alpha value is -2.75. The van der Waals surface area contributed by atoms with Crippen LogP contribution in [-0.2, 0) is 0 Å². The van der Waals surface area contributed by atoms with Gasteiger partial charge >= 0.3 is 0 Å². The number of benzene rings is 2. The van der Waals surface area contributed by atoms with E-state index in [9.17, 15) is 0 Å². The maximum atomic E-state index is 6.30. The summed E-state index contributed by atoms with van der Waals surface area (Å²) in [7, 11) is 3.38. The van der Waals surface area contributed by atoms with E-state index >= 15 is 0 Å². The molecule has 2 atom stereocenters. The molecule has 4 heteroatoms. The maximum Gasteiger partial charge on any atom is 0.161 e. The van der Waals surface area contributed by atoms with Crippen LogP contribution in [0.1, 0.15) is 54.1 Å². The number of methoxy groups -OCH3 is 2. The Morgan fingerprint density at radius 3 is 2.54 bits per heavy atom. The van der Waals surface area contributed by atoms with E-state index in [0.717, 1.165) is 51.5 Å². The van der Waals surface area contributed by atoms with Crippen LogP contribution in [0.2, 0.25) is 0 Å². The van der Waals surface area contributed by atoms with E-state index in [1.165, 1.54) is 24.8 Å². The summed E-state index contributed by atoms with van der Waals surface area (Å²) < 4.78 is 17.5. The van der Waals surface area contributed by atoms with E-state index in [-0.39, 0.29) is 0 Å². The third-order valence-corrected chi connectivity index (χ3v) is 6.29. The molecule has 1 fully saturated rings. The van der Waals surface area contributed by atoms with Crippen molar-refractivity contribution < 1.29 is 13.9 Å². The lowest BCUT2D eigenvalue weighted by Gasteiger charge is -2.35. The lowest BCUT2D eigenvalue weighted by Crippen LogP contribution is -2.29. The molecule has 0 saturated heterocycles. The third-order valence-electron chi connectivity index (χ3n) is 6.29. The summed E-state index contributed by atoms with van der Waals surface area (Å²) in [6, 6.07) is 12.7. The summed E-state index contributed by atoms with van der Waals surface area (Å²) in [5, 5.41) is 1.15. The van der Waals surface area contributed by atoms with Gasteiger partial charge < -0.3 is 13.9 Å². The standard InChI is InChI=1S/C24H25NO3/c1-14-15-8-5-7-11-20(15)28-24(14)23-18-13-22(27-3)21(26-2)12-17(18)16-9-4-6-10-19(16)25-23/h5,7-8,11-13,16,19H,4,6,9-10H2,1-3H3/t16-,19-/m1/s1. The van der Waals surface area contributed by atoms with Crippen LogP contribution in [0, 0.1) is 6.92 Å². The highest BCUT2D eigenvalue weighted by atomic mass is 16.5. The number of aryl methyl sites for hydroxylation is 1. The molecule has 1 aromatic heterocycles. The summed E-state index contributed by atoms with van der Waals surface area (Å²) in [5.74, 6) is 2.83. The van der Waals surface area contributed by atoms with E-state index < -0.39 is 0 Å². The van der Waals surface area contributed by atoms with E-state index in [0.29, 0.717) is 12.0 Å². The van der Waals surface area contributed by atoms with E-state index in [2.05, 4.69) is 31.2 Å². The number of furan rings is 1. The minimum Gasteiger partial charge on any atom is -0.493 e. The Labute approximate surface area is 165 Å². The van der Waals surface area contributed by atoms with Crippen molar-refractivity contribution in [2.45, 2.75) is 44.6 Å². The summed E-state index contributed by atoms with van der Waals surface area (Å²) in [5.41, 5.74) is 5.43. The second-order valence-corrected chi connectivity index (χ2v) is 7.78. The fraction of sp³-hybridized carbons (Fsp3) is 0.375. The molecular formula is C24H25NO3. The Balaban J connectivity index is 1.75. The number of ether oxygens (including phenoxy) is 2. The van der Waals surface area contributed by atoms with Crippen molar-refractivity contribution in [2.24, 2.45) is 4.99 Å². The first-order valence-electron chi connectivity index (χ1n) is 10.0. The summed E-state index contributed by atoms with van der Waals surface area (Å²) in [6.45, 7) is 2.12. The predicted molar refractivity (Wildman–Crippen MR) is 111 cm³/mol. The average molecular weight is 375 g/mol. The van der Waals surface area contributed by atoms with Crippen LogP contribution in [0.3, 0.4) is 0 Å². The zero-order chi connectivity index (χ0) is 19.3. The van der Waals surface area contributed by atoms with Crippen molar-refractivity contribution in [1.82, 2.24) is 0 Å². The van der Waals surface area contributed by atoms with Crippen LogP contribution < -0.4 is 9.47 Å². The molecule has 0 amide bonds. The molecule has 2 aliphatic rings. The first-order valence-corrected chi connectivity index (χ1v) is 10.0. The van der Waals surface area contributed by atoms with Crippen LogP contribution in [0.15, 0.2) is 45.8 Å². The van der Waals surface area contributed by atoms with Gasteiger partial charge in [0.1, 0.15) is 11.3 Å². The molecule has 0 bridgehead atoms. The maximum absolute atomic E-state index is 6.30. The fourth-order valence-corrected chi connectivity index (χ4v) is 4.85. The zero-order valence-electron chi connectivity index (χ0n) is 16.6. The Morgan fingerprint density at radius 1 is 1.00 bits per heavy atom. The van der Waals surface area contributed by atoms with Gasteiger partial charge in [0.05, 0.1) is 20.3 Å². The highest BCUT2D eigenvalue weighted by molar-refractivity contribution is 6.16. The molecule has 144 valence electrons. The molecule has 3 aromatic rings. The van der Waals surface area contributed by atoms with E-state index in [4.69, 9.17) is 18.9 Å². The molecule has 0 N–H and O–H groups in total. The van der Waals surface area contributed by atoms with Crippen molar-refractivity contribution in [2.75, 3.05) is 14.2 Å². The smallest absolute Gasteiger partial charge is 0.161 e. The van der Waals surface area contributed by atoms with Crippen LogP contribution >= 0.6 is 0 Å². The van der Waals surface area contributed by atoms with Crippen LogP contribution in [-0.4, -0.2) is 26.0 Å². The Kier molecular flexibility index (Phi) is 4.15. The van der Waals surface area contributed by atoms with Gasteiger partial charge in [0.15, 0.2) is 17.3 Å². The van der Waals surface area contributed by atoms with Crippen LogP contribution in [0.25, 0.3) is 11.0 Å². The summed E-state index contributed by atoms with van der Waals surface area (Å²) in [4.78, 5) is 5.23. The molecule has 1 aliphatic heterocycles. The summed E-state index contributed by atoms with van der Waals surface area (Å²) >= 11 is 0. The number of rotatable bonds is 3. The van der Waals surface area contributed by atoms with Crippen LogP contribution in [0.5, 0.6) is 11.5 Å². The number of nitrogens with zero attached hydrogens (tertiary/aromatic N) is 1. The van der Waals surface area contributed by atoms with Gasteiger partial charge in [0.2, 0.25) is 0 Å². The zero-order valence-corrected chi connectivity index (χ0v) is 16.6. The lowest BCUT2D eigenvalue weighted by atomic mass is 9.75. The molecule has 5 rings (SSSR count). The normalized spacial score (nSPS) is 21.0. The number of para-hydroxylation sites is 1. The van der Waals surface area contributed by atoms with Gasteiger partial charge in [0.25, 0.3) is 0 Å². The van der Waals surface area contributed by atoms with Crippen molar-refractivity contribution in [3.63, 3.8) is 0 Å². The molecule has 0 unspecified atom stereocenters. The van der Waals surface area contributed by atoms with E-state index in [1.807, 2.05) is 12.1 Å². The lowest BCUT2D eigenvalue weighted by molar-refractivity contribution is 0.349. The van der Waals surface area contributed by atoms with Crippen LogP contribution in [0.4, 0.5) is 0 Å². The SMILES string of the molecule is COc1cc2c(cc1OC)[C@H]1CCCC[C@H]1N=C2c1oc2ccccc2c1C. The minimum atomic E-state index is 0.307. The van der Waals surface area contributed by atoms with Gasteiger partial charge in [0, 0.05) is 22.4 Å². The fourth-order valence-electron chi connectivity index (χ4n) is 4.85. The highest BCUT2D eigenvalue weighted by Gasteiger charge is 2.36. The minimum absolute atomic E-state index is 0.307. The third kappa shape index (κ3) is 2.55. The highest BCUT2D eigenvalue weighted by Crippen LogP contribution is 2.45. The van der Waals surface area contributed by atoms with Gasteiger partial charge in [-0.15, -0.1) is 0 Å². The number of hydrogen-bond donors (Lipinski definition) is 0. The Bertz CT molecular complexity index is 1080. The topological polar surface area (TPSA) is 44.0 Å². The summed E-state index contributed by atoms with van der Waals surface area (Å²) in [6.07, 6.45) is 4.79. The number of aliphatic imine (C=N–C) groups is 1. The second kappa shape index (κ2) is 6.69. The second-order valence-electron chi connectivity index (χ2n) is 7.78.